The van der Waals surface area contributed by atoms with Gasteiger partial charge in [-0.1, -0.05) is 0 Å². The molecule has 3 saturated heterocycles. The van der Waals surface area contributed by atoms with Gasteiger partial charge in [-0.25, -0.2) is 0 Å². The minimum Gasteiger partial charge on any atom is -0.370 e. The van der Waals surface area contributed by atoms with Gasteiger partial charge in [-0.15, -0.1) is 0 Å². The van der Waals surface area contributed by atoms with Gasteiger partial charge in [0, 0.05) is 6.04 Å². The van der Waals surface area contributed by atoms with Crippen LogP contribution in [0.4, 0.5) is 0 Å². The van der Waals surface area contributed by atoms with Crippen molar-refractivity contribution in [2.75, 3.05) is 32.8 Å². The molecule has 1 spiro atoms. The molecule has 0 radical (unpaired) electrons. The summed E-state index contributed by atoms with van der Waals surface area (Å²) in [5.74, 6) is 0.243. The van der Waals surface area contributed by atoms with Gasteiger partial charge in [0.25, 0.3) is 0 Å². The number of rotatable bonds is 3. The highest BCUT2D eigenvalue weighted by Gasteiger charge is 2.52. The van der Waals surface area contributed by atoms with E-state index in [1.807, 2.05) is 16.3 Å². The Kier molecular flexibility index (Phi) is 3.52. The van der Waals surface area contributed by atoms with Gasteiger partial charge >= 0.3 is 0 Å². The van der Waals surface area contributed by atoms with Crippen molar-refractivity contribution < 1.29 is 9.53 Å². The number of carbonyl (C=O) groups is 1. The lowest BCUT2D eigenvalue weighted by Crippen LogP contribution is -2.63. The Morgan fingerprint density at radius 1 is 1.38 bits per heavy atom. The first-order chi connectivity index (χ1) is 10.2. The van der Waals surface area contributed by atoms with E-state index in [1.165, 1.54) is 25.9 Å². The Hall–Kier alpha value is -0.910. The van der Waals surface area contributed by atoms with Crippen LogP contribution in [0.25, 0.3) is 0 Å². The monoisotopic (exact) mass is 306 g/mol. The van der Waals surface area contributed by atoms with Crippen LogP contribution >= 0.6 is 11.3 Å². The molecule has 5 heteroatoms. The molecule has 3 aliphatic heterocycles. The van der Waals surface area contributed by atoms with Gasteiger partial charge in [-0.05, 0) is 54.7 Å². The molecule has 0 N–H and O–H groups in total. The van der Waals surface area contributed by atoms with Crippen molar-refractivity contribution in [2.24, 2.45) is 0 Å². The van der Waals surface area contributed by atoms with Crippen molar-refractivity contribution in [3.05, 3.63) is 22.4 Å². The molecule has 21 heavy (non-hydrogen) atoms. The summed E-state index contributed by atoms with van der Waals surface area (Å²) >= 11 is 1.65. The predicted molar refractivity (Wildman–Crippen MR) is 82.5 cm³/mol. The maximum absolute atomic E-state index is 12.2. The van der Waals surface area contributed by atoms with Gasteiger partial charge < -0.3 is 9.64 Å². The number of thiophene rings is 1. The van der Waals surface area contributed by atoms with Crippen LogP contribution in [0, 0.1) is 0 Å². The number of hydrogen-bond acceptors (Lipinski definition) is 4. The summed E-state index contributed by atoms with van der Waals surface area (Å²) < 4.78 is 6.08. The standard InChI is InChI=1S/C16H22N2O2S/c19-15(7-13-3-6-21-10-13)18-11-16(12-18)8-14(9-20-16)17-4-1-2-5-17/h3,6,10,14H,1-2,4-5,7-9,11-12H2. The average Bonchev–Trinajstić information content (AvgIpc) is 3.17. The van der Waals surface area contributed by atoms with E-state index in [4.69, 9.17) is 4.74 Å². The van der Waals surface area contributed by atoms with Crippen LogP contribution in [0.1, 0.15) is 24.8 Å². The first-order valence-electron chi connectivity index (χ1n) is 7.91. The zero-order chi connectivity index (χ0) is 14.3. The van der Waals surface area contributed by atoms with Gasteiger partial charge in [0.15, 0.2) is 0 Å². The summed E-state index contributed by atoms with van der Waals surface area (Å²) in [7, 11) is 0. The largest absolute Gasteiger partial charge is 0.370 e. The van der Waals surface area contributed by atoms with Crippen LogP contribution < -0.4 is 0 Å². The minimum atomic E-state index is -0.0302. The van der Waals surface area contributed by atoms with Gasteiger partial charge in [0.2, 0.25) is 5.91 Å². The van der Waals surface area contributed by atoms with E-state index in [1.54, 1.807) is 11.3 Å². The molecule has 0 bridgehead atoms. The average molecular weight is 306 g/mol. The summed E-state index contributed by atoms with van der Waals surface area (Å²) in [4.78, 5) is 16.8. The quantitative estimate of drug-likeness (QED) is 0.853. The van der Waals surface area contributed by atoms with E-state index in [9.17, 15) is 4.79 Å². The smallest absolute Gasteiger partial charge is 0.227 e. The lowest BCUT2D eigenvalue weighted by Gasteiger charge is -2.47. The number of ether oxygens (including phenoxy) is 1. The van der Waals surface area contributed by atoms with E-state index in [0.29, 0.717) is 12.5 Å². The molecule has 4 nitrogen and oxygen atoms in total. The minimum absolute atomic E-state index is 0.0302. The van der Waals surface area contributed by atoms with Crippen molar-refractivity contribution >= 4 is 17.2 Å². The normalized spacial score (nSPS) is 28.2. The van der Waals surface area contributed by atoms with E-state index in [-0.39, 0.29) is 11.5 Å². The molecule has 0 saturated carbocycles. The third-order valence-corrected chi connectivity index (χ3v) is 5.82. The van der Waals surface area contributed by atoms with Gasteiger partial charge in [0.1, 0.15) is 5.60 Å². The highest BCUT2D eigenvalue weighted by atomic mass is 32.1. The number of hydrogen-bond donors (Lipinski definition) is 0. The second-order valence-corrected chi connectivity index (χ2v) is 7.43. The van der Waals surface area contributed by atoms with Crippen molar-refractivity contribution in [1.29, 1.82) is 0 Å². The fourth-order valence-corrected chi connectivity index (χ4v) is 4.56. The molecule has 4 heterocycles. The Labute approximate surface area is 129 Å². The number of nitrogens with zero attached hydrogens (tertiary/aromatic N) is 2. The topological polar surface area (TPSA) is 32.8 Å². The van der Waals surface area contributed by atoms with Crippen molar-refractivity contribution in [3.63, 3.8) is 0 Å². The third kappa shape index (κ3) is 2.62. The third-order valence-electron chi connectivity index (χ3n) is 5.09. The first kappa shape index (κ1) is 13.7. The molecule has 1 aromatic rings. The maximum atomic E-state index is 12.2. The second-order valence-electron chi connectivity index (χ2n) is 6.65. The molecule has 1 aromatic heterocycles. The molecule has 1 unspecified atom stereocenters. The molecule has 1 amide bonds. The summed E-state index contributed by atoms with van der Waals surface area (Å²) in [6.45, 7) is 4.89. The van der Waals surface area contributed by atoms with Crippen molar-refractivity contribution in [1.82, 2.24) is 9.80 Å². The number of likely N-dealkylation sites (tertiary alicyclic amines) is 2. The van der Waals surface area contributed by atoms with Crippen LogP contribution in [-0.2, 0) is 16.0 Å². The maximum Gasteiger partial charge on any atom is 0.227 e. The molecule has 114 valence electrons. The summed E-state index contributed by atoms with van der Waals surface area (Å²) in [6, 6.07) is 2.62. The van der Waals surface area contributed by atoms with Crippen LogP contribution in [0.2, 0.25) is 0 Å². The van der Waals surface area contributed by atoms with Crippen LogP contribution in [-0.4, -0.2) is 60.1 Å². The predicted octanol–water partition coefficient (Wildman–Crippen LogP) is 1.76. The SMILES string of the molecule is O=C(Cc1ccsc1)N1CC2(CC(N3CCCC3)CO2)C1. The molecule has 3 aliphatic rings. The van der Waals surface area contributed by atoms with Crippen LogP contribution in [0.3, 0.4) is 0 Å². The summed E-state index contributed by atoms with van der Waals surface area (Å²) in [6.07, 6.45) is 4.30. The summed E-state index contributed by atoms with van der Waals surface area (Å²) in [5, 5.41) is 4.09. The van der Waals surface area contributed by atoms with E-state index in [2.05, 4.69) is 10.3 Å². The van der Waals surface area contributed by atoms with E-state index in [0.717, 1.165) is 31.7 Å². The Morgan fingerprint density at radius 2 is 2.19 bits per heavy atom. The van der Waals surface area contributed by atoms with Crippen LogP contribution in [0.15, 0.2) is 16.8 Å². The Balaban J connectivity index is 1.29. The van der Waals surface area contributed by atoms with Gasteiger partial charge in [-0.2, -0.15) is 11.3 Å². The van der Waals surface area contributed by atoms with Crippen molar-refractivity contribution in [3.8, 4) is 0 Å². The van der Waals surface area contributed by atoms with Gasteiger partial charge in [-0.3, -0.25) is 9.69 Å². The molecular formula is C16H22N2O2S. The molecular weight excluding hydrogens is 284 g/mol. The Bertz CT molecular complexity index is 504. The fourth-order valence-electron chi connectivity index (χ4n) is 3.89. The lowest BCUT2D eigenvalue weighted by atomic mass is 9.88. The van der Waals surface area contributed by atoms with Gasteiger partial charge in [0.05, 0.1) is 26.1 Å². The lowest BCUT2D eigenvalue weighted by molar-refractivity contribution is -0.157. The number of amides is 1. The molecule has 4 rings (SSSR count). The van der Waals surface area contributed by atoms with Crippen LogP contribution in [0.5, 0.6) is 0 Å². The van der Waals surface area contributed by atoms with E-state index < -0.39 is 0 Å². The molecule has 3 fully saturated rings. The highest BCUT2D eigenvalue weighted by Crippen LogP contribution is 2.37. The highest BCUT2D eigenvalue weighted by molar-refractivity contribution is 7.07. The fraction of sp³-hybridized carbons (Fsp3) is 0.688. The second kappa shape index (κ2) is 5.38. The van der Waals surface area contributed by atoms with E-state index >= 15 is 0 Å². The zero-order valence-corrected chi connectivity index (χ0v) is 13.1. The molecule has 0 aromatic carbocycles. The number of carbonyl (C=O) groups excluding carboxylic acids is 1. The summed E-state index contributed by atoms with van der Waals surface area (Å²) in [5.41, 5.74) is 1.10. The molecule has 0 aliphatic carbocycles. The van der Waals surface area contributed by atoms with Crippen molar-refractivity contribution in [2.45, 2.75) is 37.3 Å². The molecule has 1 atom stereocenters. The zero-order valence-electron chi connectivity index (χ0n) is 12.3. The first-order valence-corrected chi connectivity index (χ1v) is 8.85. The Morgan fingerprint density at radius 3 is 2.90 bits per heavy atom.